The van der Waals surface area contributed by atoms with Crippen molar-refractivity contribution in [3.63, 3.8) is 0 Å². The SMILES string of the molecule is CCNC(=NCC1CN(C)CCN1C)N1CCOC(c2cnn(C)c2)C1. The molecule has 2 saturated heterocycles. The molecule has 0 amide bonds. The van der Waals surface area contributed by atoms with Gasteiger partial charge in [-0.05, 0) is 21.0 Å². The lowest BCUT2D eigenvalue weighted by molar-refractivity contribution is -0.00811. The van der Waals surface area contributed by atoms with Crippen LogP contribution < -0.4 is 5.32 Å². The van der Waals surface area contributed by atoms with E-state index in [1.165, 1.54) is 0 Å². The maximum Gasteiger partial charge on any atom is 0.194 e. The zero-order chi connectivity index (χ0) is 18.5. The number of aliphatic imine (C=N–C) groups is 1. The second-order valence-corrected chi connectivity index (χ2v) is 7.34. The summed E-state index contributed by atoms with van der Waals surface area (Å²) in [5.74, 6) is 0.992. The van der Waals surface area contributed by atoms with Crippen molar-refractivity contribution in [2.75, 3.05) is 66.5 Å². The quantitative estimate of drug-likeness (QED) is 0.600. The number of aryl methyl sites for hydroxylation is 1. The van der Waals surface area contributed by atoms with Crippen molar-refractivity contribution in [2.24, 2.45) is 12.0 Å². The second kappa shape index (κ2) is 8.83. The fourth-order valence-electron chi connectivity index (χ4n) is 3.57. The van der Waals surface area contributed by atoms with E-state index in [9.17, 15) is 0 Å². The van der Waals surface area contributed by atoms with E-state index in [1.807, 2.05) is 24.1 Å². The number of hydrogen-bond acceptors (Lipinski definition) is 5. The Balaban J connectivity index is 1.66. The van der Waals surface area contributed by atoms with Crippen molar-refractivity contribution in [1.82, 2.24) is 29.8 Å². The number of hydrogen-bond donors (Lipinski definition) is 1. The van der Waals surface area contributed by atoms with Crippen LogP contribution in [0.4, 0.5) is 0 Å². The third-order valence-corrected chi connectivity index (χ3v) is 5.23. The number of aromatic nitrogens is 2. The maximum atomic E-state index is 5.97. The van der Waals surface area contributed by atoms with Gasteiger partial charge in [0.25, 0.3) is 0 Å². The van der Waals surface area contributed by atoms with E-state index in [1.54, 1.807) is 0 Å². The van der Waals surface area contributed by atoms with Gasteiger partial charge in [-0.3, -0.25) is 14.6 Å². The van der Waals surface area contributed by atoms with Gasteiger partial charge < -0.3 is 19.9 Å². The highest BCUT2D eigenvalue weighted by Crippen LogP contribution is 2.21. The highest BCUT2D eigenvalue weighted by atomic mass is 16.5. The summed E-state index contributed by atoms with van der Waals surface area (Å²) in [5, 5.41) is 7.74. The molecule has 8 heteroatoms. The number of ether oxygens (including phenoxy) is 1. The third-order valence-electron chi connectivity index (χ3n) is 5.23. The molecule has 0 aliphatic carbocycles. The summed E-state index contributed by atoms with van der Waals surface area (Å²) in [7, 11) is 6.33. The van der Waals surface area contributed by atoms with Crippen LogP contribution in [0.15, 0.2) is 17.4 Å². The van der Waals surface area contributed by atoms with Crippen LogP contribution in [0.5, 0.6) is 0 Å². The van der Waals surface area contributed by atoms with E-state index in [-0.39, 0.29) is 6.10 Å². The molecular formula is C18H33N7O. The number of piperazine rings is 1. The largest absolute Gasteiger partial charge is 0.370 e. The standard InChI is InChI=1S/C18H33N7O/c1-5-19-18(20-11-16-13-22(2)6-7-23(16)3)25-8-9-26-17(14-25)15-10-21-24(4)12-15/h10,12,16-17H,5-9,11,13-14H2,1-4H3,(H,19,20). The van der Waals surface area contributed by atoms with Crippen molar-refractivity contribution in [3.8, 4) is 0 Å². The van der Waals surface area contributed by atoms with Crippen molar-refractivity contribution in [2.45, 2.75) is 19.1 Å². The highest BCUT2D eigenvalue weighted by molar-refractivity contribution is 5.80. The molecule has 0 saturated carbocycles. The van der Waals surface area contributed by atoms with Gasteiger partial charge in [0.2, 0.25) is 0 Å². The minimum atomic E-state index is 0.0461. The van der Waals surface area contributed by atoms with Crippen LogP contribution in [0.3, 0.4) is 0 Å². The van der Waals surface area contributed by atoms with Gasteiger partial charge in [0.15, 0.2) is 5.96 Å². The molecule has 0 aromatic carbocycles. The number of morpholine rings is 1. The Morgan fingerprint density at radius 2 is 2.12 bits per heavy atom. The van der Waals surface area contributed by atoms with Crippen LogP contribution in [-0.2, 0) is 11.8 Å². The number of likely N-dealkylation sites (N-methyl/N-ethyl adjacent to an activating group) is 2. The smallest absolute Gasteiger partial charge is 0.194 e. The van der Waals surface area contributed by atoms with Crippen molar-refractivity contribution in [3.05, 3.63) is 18.0 Å². The molecule has 26 heavy (non-hydrogen) atoms. The molecule has 146 valence electrons. The van der Waals surface area contributed by atoms with Crippen LogP contribution in [0.25, 0.3) is 0 Å². The van der Waals surface area contributed by atoms with Gasteiger partial charge in [0.1, 0.15) is 6.10 Å². The van der Waals surface area contributed by atoms with Crippen LogP contribution in [0, 0.1) is 0 Å². The first kappa shape index (κ1) is 19.1. The van der Waals surface area contributed by atoms with E-state index in [2.05, 4.69) is 46.1 Å². The van der Waals surface area contributed by atoms with Gasteiger partial charge in [-0.25, -0.2) is 0 Å². The molecule has 1 N–H and O–H groups in total. The van der Waals surface area contributed by atoms with E-state index < -0.39 is 0 Å². The summed E-state index contributed by atoms with van der Waals surface area (Å²) in [4.78, 5) is 12.1. The number of guanidine groups is 1. The first-order valence-corrected chi connectivity index (χ1v) is 9.59. The zero-order valence-electron chi connectivity index (χ0n) is 16.6. The second-order valence-electron chi connectivity index (χ2n) is 7.34. The average molecular weight is 364 g/mol. The first-order chi connectivity index (χ1) is 12.6. The summed E-state index contributed by atoms with van der Waals surface area (Å²) in [6.07, 6.45) is 3.97. The summed E-state index contributed by atoms with van der Waals surface area (Å²) < 4.78 is 7.79. The molecule has 0 bridgehead atoms. The topological polar surface area (TPSA) is 61.2 Å². The third kappa shape index (κ3) is 4.75. The van der Waals surface area contributed by atoms with Gasteiger partial charge in [-0.15, -0.1) is 0 Å². The lowest BCUT2D eigenvalue weighted by Gasteiger charge is -2.38. The van der Waals surface area contributed by atoms with Gasteiger partial charge in [0.05, 0.1) is 25.9 Å². The molecule has 1 aromatic rings. The molecule has 3 heterocycles. The molecule has 1 aromatic heterocycles. The van der Waals surface area contributed by atoms with Crippen molar-refractivity contribution >= 4 is 5.96 Å². The lowest BCUT2D eigenvalue weighted by atomic mass is 10.1. The number of nitrogens with one attached hydrogen (secondary N) is 1. The monoisotopic (exact) mass is 363 g/mol. The zero-order valence-corrected chi connectivity index (χ0v) is 16.6. The van der Waals surface area contributed by atoms with Gasteiger partial charge in [0, 0.05) is 57.6 Å². The minimum absolute atomic E-state index is 0.0461. The normalized spacial score (nSPS) is 26.3. The summed E-state index contributed by atoms with van der Waals surface area (Å²) in [5.41, 5.74) is 1.13. The molecule has 8 nitrogen and oxygen atoms in total. The van der Waals surface area contributed by atoms with Crippen LogP contribution in [-0.4, -0.2) is 103 Å². The highest BCUT2D eigenvalue weighted by Gasteiger charge is 2.26. The molecule has 2 unspecified atom stereocenters. The summed E-state index contributed by atoms with van der Waals surface area (Å²) >= 11 is 0. The van der Waals surface area contributed by atoms with Crippen LogP contribution in [0.1, 0.15) is 18.6 Å². The van der Waals surface area contributed by atoms with Crippen molar-refractivity contribution in [1.29, 1.82) is 0 Å². The van der Waals surface area contributed by atoms with Crippen LogP contribution in [0.2, 0.25) is 0 Å². The Bertz CT molecular complexity index is 602. The van der Waals surface area contributed by atoms with Gasteiger partial charge in [-0.1, -0.05) is 0 Å². The number of rotatable bonds is 4. The Hall–Kier alpha value is -1.64. The Kier molecular flexibility index (Phi) is 6.50. The lowest BCUT2D eigenvalue weighted by Crippen LogP contribution is -2.52. The van der Waals surface area contributed by atoms with Gasteiger partial charge in [-0.2, -0.15) is 5.10 Å². The molecular weight excluding hydrogens is 330 g/mol. The summed E-state index contributed by atoms with van der Waals surface area (Å²) in [6.45, 7) is 9.49. The fourth-order valence-corrected chi connectivity index (χ4v) is 3.57. The maximum absolute atomic E-state index is 5.97. The fraction of sp³-hybridized carbons (Fsp3) is 0.778. The molecule has 2 aliphatic heterocycles. The predicted molar refractivity (Wildman–Crippen MR) is 103 cm³/mol. The van der Waals surface area contributed by atoms with E-state index in [0.717, 1.165) is 57.3 Å². The van der Waals surface area contributed by atoms with Crippen molar-refractivity contribution < 1.29 is 4.74 Å². The average Bonchev–Trinajstić information content (AvgIpc) is 3.08. The summed E-state index contributed by atoms with van der Waals surface area (Å²) in [6, 6.07) is 0.470. The molecule has 2 aliphatic rings. The molecule has 0 radical (unpaired) electrons. The number of nitrogens with zero attached hydrogens (tertiary/aromatic N) is 6. The molecule has 2 atom stereocenters. The Morgan fingerprint density at radius 1 is 1.27 bits per heavy atom. The van der Waals surface area contributed by atoms with E-state index >= 15 is 0 Å². The van der Waals surface area contributed by atoms with E-state index in [0.29, 0.717) is 12.6 Å². The predicted octanol–water partition coefficient (Wildman–Crippen LogP) is 0.00470. The molecule has 0 spiro atoms. The molecule has 3 rings (SSSR count). The Labute approximate surface area is 156 Å². The van der Waals surface area contributed by atoms with Gasteiger partial charge >= 0.3 is 0 Å². The first-order valence-electron chi connectivity index (χ1n) is 9.59. The Morgan fingerprint density at radius 3 is 2.85 bits per heavy atom. The molecule has 2 fully saturated rings. The van der Waals surface area contributed by atoms with Crippen LogP contribution >= 0.6 is 0 Å². The van der Waals surface area contributed by atoms with E-state index in [4.69, 9.17) is 9.73 Å². The minimum Gasteiger partial charge on any atom is -0.370 e.